The third kappa shape index (κ3) is 1.53. The van der Waals surface area contributed by atoms with E-state index >= 15 is 0 Å². The Hall–Kier alpha value is -1.42. The summed E-state index contributed by atoms with van der Waals surface area (Å²) >= 11 is 1.57. The third-order valence-electron chi connectivity index (χ3n) is 1.70. The number of oxime groups is 1. The van der Waals surface area contributed by atoms with E-state index in [2.05, 4.69) is 9.99 Å². The Morgan fingerprint density at radius 2 is 2.46 bits per heavy atom. The monoisotopic (exact) mass is 193 g/mol. The van der Waals surface area contributed by atoms with Gasteiger partial charge in [-0.2, -0.15) is 0 Å². The first-order valence-corrected chi connectivity index (χ1v) is 4.67. The molecule has 0 spiro atoms. The van der Waals surface area contributed by atoms with Crippen LogP contribution in [0, 0.1) is 0 Å². The Bertz CT molecular complexity index is 390. The van der Waals surface area contributed by atoms with Crippen LogP contribution in [0.15, 0.2) is 28.2 Å². The van der Waals surface area contributed by atoms with Gasteiger partial charge in [0.15, 0.2) is 0 Å². The summed E-state index contributed by atoms with van der Waals surface area (Å²) in [5.74, 6) is -0.370. The van der Waals surface area contributed by atoms with E-state index in [1.54, 1.807) is 24.3 Å². The fraction of sp³-hybridized carbons (Fsp3) is 0.111. The van der Waals surface area contributed by atoms with Crippen molar-refractivity contribution in [2.24, 2.45) is 5.16 Å². The Morgan fingerprint density at radius 1 is 1.62 bits per heavy atom. The van der Waals surface area contributed by atoms with Gasteiger partial charge in [-0.05, 0) is 24.4 Å². The summed E-state index contributed by atoms with van der Waals surface area (Å²) in [4.78, 5) is 16.7. The zero-order chi connectivity index (χ0) is 9.26. The SMILES string of the molecule is CC1=NOC(=O)/C1=C/c1cccs1. The molecule has 2 rings (SSSR count). The first-order valence-electron chi connectivity index (χ1n) is 3.79. The Labute approximate surface area is 79.3 Å². The van der Waals surface area contributed by atoms with Crippen molar-refractivity contribution in [3.05, 3.63) is 28.0 Å². The fourth-order valence-electron chi connectivity index (χ4n) is 1.03. The molecule has 13 heavy (non-hydrogen) atoms. The smallest absolute Gasteiger partial charge is 0.312 e. The normalized spacial score (nSPS) is 19.0. The standard InChI is InChI=1S/C9H7NO2S/c1-6-8(9(11)12-10-6)5-7-3-2-4-13-7/h2-5H,1H3/b8-5+. The molecule has 0 bridgehead atoms. The number of carbonyl (C=O) groups is 1. The molecule has 2 heterocycles. The van der Waals surface area contributed by atoms with E-state index in [1.807, 2.05) is 17.5 Å². The summed E-state index contributed by atoms with van der Waals surface area (Å²) in [6.45, 7) is 1.75. The number of hydrogen-bond donors (Lipinski definition) is 0. The van der Waals surface area contributed by atoms with Gasteiger partial charge in [0.25, 0.3) is 0 Å². The predicted molar refractivity (Wildman–Crippen MR) is 51.5 cm³/mol. The van der Waals surface area contributed by atoms with Crippen molar-refractivity contribution in [3.8, 4) is 0 Å². The van der Waals surface area contributed by atoms with E-state index < -0.39 is 0 Å². The number of rotatable bonds is 1. The molecule has 0 radical (unpaired) electrons. The van der Waals surface area contributed by atoms with E-state index in [9.17, 15) is 4.79 Å². The summed E-state index contributed by atoms with van der Waals surface area (Å²) < 4.78 is 0. The molecule has 0 N–H and O–H groups in total. The molecule has 0 amide bonds. The summed E-state index contributed by atoms with van der Waals surface area (Å²) in [7, 11) is 0. The van der Waals surface area contributed by atoms with Crippen molar-refractivity contribution < 1.29 is 9.63 Å². The van der Waals surface area contributed by atoms with Gasteiger partial charge < -0.3 is 4.84 Å². The van der Waals surface area contributed by atoms with Gasteiger partial charge in [-0.3, -0.25) is 0 Å². The van der Waals surface area contributed by atoms with Crippen LogP contribution in [0.1, 0.15) is 11.8 Å². The minimum Gasteiger partial charge on any atom is -0.312 e. The molecule has 1 aliphatic heterocycles. The van der Waals surface area contributed by atoms with Crippen LogP contribution in [0.3, 0.4) is 0 Å². The van der Waals surface area contributed by atoms with Crippen LogP contribution in [0.4, 0.5) is 0 Å². The van der Waals surface area contributed by atoms with E-state index in [-0.39, 0.29) is 5.97 Å². The number of thiophene rings is 1. The van der Waals surface area contributed by atoms with Crippen LogP contribution in [0.5, 0.6) is 0 Å². The summed E-state index contributed by atoms with van der Waals surface area (Å²) in [5.41, 5.74) is 1.18. The zero-order valence-electron chi connectivity index (χ0n) is 6.98. The lowest BCUT2D eigenvalue weighted by Crippen LogP contribution is -2.01. The average molecular weight is 193 g/mol. The average Bonchev–Trinajstić information content (AvgIpc) is 2.70. The molecule has 0 unspecified atom stereocenters. The van der Waals surface area contributed by atoms with Crippen molar-refractivity contribution >= 4 is 29.1 Å². The second-order valence-corrected chi connectivity index (χ2v) is 3.61. The Kier molecular flexibility index (Phi) is 1.98. The number of nitrogens with zero attached hydrogens (tertiary/aromatic N) is 1. The van der Waals surface area contributed by atoms with Crippen LogP contribution in [0.2, 0.25) is 0 Å². The lowest BCUT2D eigenvalue weighted by molar-refractivity contribution is -0.136. The molecule has 0 saturated carbocycles. The molecule has 3 nitrogen and oxygen atoms in total. The molecule has 0 atom stereocenters. The minimum atomic E-state index is -0.370. The van der Waals surface area contributed by atoms with Crippen molar-refractivity contribution in [2.45, 2.75) is 6.92 Å². The van der Waals surface area contributed by atoms with E-state index in [0.29, 0.717) is 11.3 Å². The van der Waals surface area contributed by atoms with E-state index in [1.165, 1.54) is 0 Å². The topological polar surface area (TPSA) is 38.7 Å². The van der Waals surface area contributed by atoms with Crippen molar-refractivity contribution in [1.82, 2.24) is 0 Å². The summed E-state index contributed by atoms with van der Waals surface area (Å²) in [6, 6.07) is 3.88. The molecule has 1 aromatic heterocycles. The van der Waals surface area contributed by atoms with E-state index in [4.69, 9.17) is 0 Å². The third-order valence-corrected chi connectivity index (χ3v) is 2.52. The van der Waals surface area contributed by atoms with Crippen LogP contribution in [-0.4, -0.2) is 11.7 Å². The lowest BCUT2D eigenvalue weighted by atomic mass is 10.1. The van der Waals surface area contributed by atoms with Gasteiger partial charge >= 0.3 is 5.97 Å². The van der Waals surface area contributed by atoms with Crippen molar-refractivity contribution in [3.63, 3.8) is 0 Å². The van der Waals surface area contributed by atoms with Crippen LogP contribution >= 0.6 is 11.3 Å². The van der Waals surface area contributed by atoms with Gasteiger partial charge in [0.05, 0.1) is 11.3 Å². The van der Waals surface area contributed by atoms with Crippen LogP contribution in [-0.2, 0) is 9.63 Å². The maximum absolute atomic E-state index is 11.1. The highest BCUT2D eigenvalue weighted by Gasteiger charge is 2.21. The molecule has 0 saturated heterocycles. The highest BCUT2D eigenvalue weighted by Crippen LogP contribution is 2.18. The maximum atomic E-state index is 11.1. The molecule has 4 heteroatoms. The van der Waals surface area contributed by atoms with Gasteiger partial charge in [-0.25, -0.2) is 4.79 Å². The van der Waals surface area contributed by atoms with Gasteiger partial charge in [0, 0.05) is 4.88 Å². The molecular weight excluding hydrogens is 186 g/mol. The second-order valence-electron chi connectivity index (χ2n) is 2.63. The van der Waals surface area contributed by atoms with Gasteiger partial charge in [-0.15, -0.1) is 11.3 Å². The minimum absolute atomic E-state index is 0.370. The molecule has 0 fully saturated rings. The van der Waals surface area contributed by atoms with Crippen molar-refractivity contribution in [1.29, 1.82) is 0 Å². The fourth-order valence-corrected chi connectivity index (χ4v) is 1.69. The highest BCUT2D eigenvalue weighted by molar-refractivity contribution is 7.10. The van der Waals surface area contributed by atoms with Crippen LogP contribution in [0.25, 0.3) is 6.08 Å². The highest BCUT2D eigenvalue weighted by atomic mass is 32.1. The van der Waals surface area contributed by atoms with Gasteiger partial charge in [-0.1, -0.05) is 11.2 Å². The molecule has 1 aliphatic rings. The first-order chi connectivity index (χ1) is 6.27. The largest absolute Gasteiger partial charge is 0.367 e. The van der Waals surface area contributed by atoms with Crippen LogP contribution < -0.4 is 0 Å². The molecule has 0 aromatic carbocycles. The lowest BCUT2D eigenvalue weighted by Gasteiger charge is -1.89. The van der Waals surface area contributed by atoms with Gasteiger partial charge in [0.1, 0.15) is 0 Å². The molecule has 66 valence electrons. The van der Waals surface area contributed by atoms with Gasteiger partial charge in [0.2, 0.25) is 0 Å². The number of carbonyl (C=O) groups excluding carboxylic acids is 1. The molecular formula is C9H7NO2S. The Balaban J connectivity index is 2.35. The Morgan fingerprint density at radius 3 is 3.00 bits per heavy atom. The first kappa shape index (κ1) is 8.19. The molecule has 1 aromatic rings. The van der Waals surface area contributed by atoms with E-state index in [0.717, 1.165) is 4.88 Å². The predicted octanol–water partition coefficient (Wildman–Crippen LogP) is 2.06. The zero-order valence-corrected chi connectivity index (χ0v) is 7.80. The molecule has 0 aliphatic carbocycles. The summed E-state index contributed by atoms with van der Waals surface area (Å²) in [5, 5.41) is 5.54. The van der Waals surface area contributed by atoms with Crippen molar-refractivity contribution in [2.75, 3.05) is 0 Å². The second kappa shape index (κ2) is 3.14. The maximum Gasteiger partial charge on any atom is 0.367 e. The summed E-state index contributed by atoms with van der Waals surface area (Å²) in [6.07, 6.45) is 1.79. The number of hydrogen-bond acceptors (Lipinski definition) is 4. The quantitative estimate of drug-likeness (QED) is 0.506.